The van der Waals surface area contributed by atoms with Crippen LogP contribution in [0.5, 0.6) is 0 Å². The molecule has 1 aliphatic rings. The number of ether oxygens (including phenoxy) is 2. The van der Waals surface area contributed by atoms with Gasteiger partial charge >= 0.3 is 0 Å². The van der Waals surface area contributed by atoms with Crippen LogP contribution in [-0.2, 0) is 67.0 Å². The van der Waals surface area contributed by atoms with Crippen LogP contribution in [0.3, 0.4) is 0 Å². The Labute approximate surface area is 573 Å². The van der Waals surface area contributed by atoms with Crippen LogP contribution in [0.4, 0.5) is 0 Å². The molecule has 26 nitrogen and oxygen atoms in total. The molecule has 548 valence electrons. The highest BCUT2D eigenvalue weighted by molar-refractivity contribution is 6.00. The number of carbonyl (C=O) groups is 12. The van der Waals surface area contributed by atoms with Crippen molar-refractivity contribution >= 4 is 70.8 Å². The summed E-state index contributed by atoms with van der Waals surface area (Å²) in [5, 5.41) is 23.3. The molecule has 5 N–H and O–H groups in total. The van der Waals surface area contributed by atoms with Crippen molar-refractivity contribution in [2.24, 2.45) is 35.5 Å². The molecule has 1 saturated heterocycles. The number of amides is 11. The number of hydrogen-bond acceptors (Lipinski definition) is 15. The van der Waals surface area contributed by atoms with E-state index in [0.29, 0.717) is 0 Å². The lowest BCUT2D eigenvalue weighted by Gasteiger charge is -2.41. The van der Waals surface area contributed by atoms with Gasteiger partial charge in [0.15, 0.2) is 0 Å². The molecule has 1 heterocycles. The predicted molar refractivity (Wildman–Crippen MR) is 369 cm³/mol. The van der Waals surface area contributed by atoms with E-state index < -0.39 is 168 Å². The number of aliphatic hydroxyl groups excluding tert-OH is 1. The van der Waals surface area contributed by atoms with Crippen LogP contribution in [0.25, 0.3) is 0 Å². The van der Waals surface area contributed by atoms with E-state index in [2.05, 4.69) is 27.8 Å². The maximum atomic E-state index is 15.4. The molecule has 26 heteroatoms. The first-order chi connectivity index (χ1) is 44.4. The molecule has 0 radical (unpaired) electrons. The van der Waals surface area contributed by atoms with Crippen molar-refractivity contribution in [2.45, 2.75) is 248 Å². The van der Waals surface area contributed by atoms with E-state index in [1.165, 1.54) is 95.8 Å². The van der Waals surface area contributed by atoms with Crippen LogP contribution in [0.15, 0.2) is 24.8 Å². The number of allylic oxidation sites excluding steroid dienone is 2. The van der Waals surface area contributed by atoms with E-state index in [4.69, 9.17) is 9.47 Å². The third kappa shape index (κ3) is 25.2. The minimum absolute atomic E-state index is 0.0439. The summed E-state index contributed by atoms with van der Waals surface area (Å²) >= 11 is 0. The van der Waals surface area contributed by atoms with Crippen LogP contribution < -0.4 is 21.3 Å². The maximum Gasteiger partial charge on any atom is 0.248 e. The van der Waals surface area contributed by atoms with E-state index in [1.54, 1.807) is 74.5 Å². The van der Waals surface area contributed by atoms with Gasteiger partial charge in [-0.3, -0.25) is 57.5 Å². The van der Waals surface area contributed by atoms with Crippen molar-refractivity contribution in [2.75, 3.05) is 69.2 Å². The zero-order chi connectivity index (χ0) is 74.3. The van der Waals surface area contributed by atoms with Gasteiger partial charge < -0.3 is 70.1 Å². The molecule has 96 heavy (non-hydrogen) atoms. The quantitative estimate of drug-likeness (QED) is 0.0715. The molecule has 0 unspecified atom stereocenters. The Morgan fingerprint density at radius 1 is 0.552 bits per heavy atom. The SMILES string of the molecule is C=CCOC(C)(C)C[C@H]1C(=O)N[C@@H](C(C)C)C(=O)N(C)[C@@H](CC(C)C)C(=O)N[C@@H](C)C(=O)N[C@H](C)C(=O)N(C)[C@@H](CC(C)C)C(=O)N(C)[C@@H](CC(C)C)C(=O)N(C)[C@@H](C(C)C)C(=O)N(C)[C@@H]([C@H](O)[C@H](C)C/C=C/C)C(=O)N[C@@H](CC)C(=O)N(C)[C@H](COCCC(C)=O)C(=O)N1C. The zero-order valence-electron chi connectivity index (χ0n) is 62.7. The molecule has 1 aliphatic heterocycles. The van der Waals surface area contributed by atoms with Gasteiger partial charge in [0.25, 0.3) is 0 Å². The molecule has 13 atom stereocenters. The average molecular weight is 1360 g/mol. The Balaban J connectivity index is 4.64. The van der Waals surface area contributed by atoms with Crippen molar-refractivity contribution in [1.29, 1.82) is 0 Å². The third-order valence-corrected chi connectivity index (χ3v) is 17.8. The lowest BCUT2D eigenvalue weighted by atomic mass is 9.91. The van der Waals surface area contributed by atoms with Gasteiger partial charge in [-0.2, -0.15) is 0 Å². The Morgan fingerprint density at radius 2 is 1.00 bits per heavy atom. The fourth-order valence-electron chi connectivity index (χ4n) is 11.7. The van der Waals surface area contributed by atoms with Gasteiger partial charge in [-0.05, 0) is 109 Å². The summed E-state index contributed by atoms with van der Waals surface area (Å²) in [5.41, 5.74) is -1.16. The van der Waals surface area contributed by atoms with Gasteiger partial charge in [-0.25, -0.2) is 0 Å². The zero-order valence-corrected chi connectivity index (χ0v) is 62.7. The first-order valence-electron chi connectivity index (χ1n) is 34.1. The first kappa shape index (κ1) is 87.2. The highest BCUT2D eigenvalue weighted by atomic mass is 16.5. The highest BCUT2D eigenvalue weighted by Crippen LogP contribution is 2.27. The summed E-state index contributed by atoms with van der Waals surface area (Å²) in [5.74, 6) is -11.0. The van der Waals surface area contributed by atoms with Crippen LogP contribution in [0.1, 0.15) is 170 Å². The van der Waals surface area contributed by atoms with Gasteiger partial charge in [0.05, 0.1) is 31.5 Å². The van der Waals surface area contributed by atoms with Crippen LogP contribution in [0.2, 0.25) is 0 Å². The first-order valence-corrected chi connectivity index (χ1v) is 34.1. The molecule has 0 saturated carbocycles. The van der Waals surface area contributed by atoms with Gasteiger partial charge in [0.2, 0.25) is 65.0 Å². The number of aliphatic hydroxyl groups is 1. The van der Waals surface area contributed by atoms with Crippen molar-refractivity contribution in [3.8, 4) is 0 Å². The summed E-state index contributed by atoms with van der Waals surface area (Å²) in [6.45, 7) is 33.7. The molecule has 11 amide bonds. The molecule has 0 aliphatic carbocycles. The van der Waals surface area contributed by atoms with Crippen molar-refractivity contribution in [1.82, 2.24) is 55.6 Å². The number of Topliss-reactive ketones (excluding diaryl/α,β-unsaturated/α-hetero) is 1. The normalized spacial score (nSPS) is 26.0. The molecular formula is C70H123N11O15. The summed E-state index contributed by atoms with van der Waals surface area (Å²) in [6.07, 6.45) is 3.76. The lowest BCUT2D eigenvalue weighted by molar-refractivity contribution is -0.157. The monoisotopic (exact) mass is 1360 g/mol. The Bertz CT molecular complexity index is 2680. The van der Waals surface area contributed by atoms with Crippen LogP contribution in [0, 0.1) is 35.5 Å². The van der Waals surface area contributed by atoms with Gasteiger partial charge in [-0.1, -0.05) is 101 Å². The summed E-state index contributed by atoms with van der Waals surface area (Å²) in [6, 6.07) is -14.9. The Hall–Kier alpha value is -6.80. The fraction of sp³-hybridized carbons (Fsp3) is 0.771. The van der Waals surface area contributed by atoms with Gasteiger partial charge in [0, 0.05) is 62.2 Å². The molecule has 0 spiro atoms. The van der Waals surface area contributed by atoms with Crippen LogP contribution >= 0.6 is 0 Å². The Kier molecular flexibility index (Phi) is 36.5. The van der Waals surface area contributed by atoms with Gasteiger partial charge in [0.1, 0.15) is 72.2 Å². The van der Waals surface area contributed by atoms with E-state index in [9.17, 15) is 29.1 Å². The fourth-order valence-corrected chi connectivity index (χ4v) is 11.7. The smallest absolute Gasteiger partial charge is 0.248 e. The molecule has 1 rings (SSSR count). The minimum Gasteiger partial charge on any atom is -0.390 e. The molecule has 0 bridgehead atoms. The van der Waals surface area contributed by atoms with Crippen molar-refractivity contribution in [3.63, 3.8) is 0 Å². The molecular weight excluding hydrogens is 1230 g/mol. The van der Waals surface area contributed by atoms with Gasteiger partial charge in [-0.15, -0.1) is 6.58 Å². The lowest BCUT2D eigenvalue weighted by Crippen LogP contribution is -2.64. The predicted octanol–water partition coefficient (Wildman–Crippen LogP) is 3.96. The van der Waals surface area contributed by atoms with E-state index in [1.807, 2.05) is 41.5 Å². The summed E-state index contributed by atoms with van der Waals surface area (Å²) < 4.78 is 12.0. The van der Waals surface area contributed by atoms with Crippen molar-refractivity contribution < 1.29 is 72.1 Å². The molecule has 0 aromatic carbocycles. The number of carbonyl (C=O) groups excluding carboxylic acids is 12. The third-order valence-electron chi connectivity index (χ3n) is 17.8. The van der Waals surface area contributed by atoms with E-state index in [-0.39, 0.29) is 81.7 Å². The topological polar surface area (TPSA) is 314 Å². The molecule has 1 fully saturated rings. The Morgan fingerprint density at radius 3 is 1.48 bits per heavy atom. The second-order valence-corrected chi connectivity index (χ2v) is 28.8. The second-order valence-electron chi connectivity index (χ2n) is 28.8. The standard InChI is InChI=1S/C70H123N11O15/c1-27-30-31-45(14)58(83)57-62(87)73-49(29-3)64(89)79(24)54(39-95-34-32-46(15)82)67(92)78(23)53(38-70(18,19)96-33-28-2)61(86)74-55(43(10)11)68(93)75(20)50(35-40(4)5)60(85)71-47(16)59(84)72-48(17)63(88)76(21)51(36-41(6)7)65(90)77(22)52(37-42(8)9)66(91)80(25)56(44(12)13)69(94)81(57)26/h27-28,30,40-45,47-58,83H,2,29,31-39H2,1,3-26H3,(H,71,85)(H,72,84)(H,73,87)(H,74,86)/b30-27+/t45-,47+,48-,49+,50+,51+,52+,53+,54-,55+,56+,57+,58-/m1/s1. The minimum atomic E-state index is -1.70. The second kappa shape index (κ2) is 40.2. The van der Waals surface area contributed by atoms with Crippen molar-refractivity contribution in [3.05, 3.63) is 24.8 Å². The molecule has 0 aromatic rings. The number of hydrogen-bond donors (Lipinski definition) is 5. The maximum absolute atomic E-state index is 15.4. The number of rotatable bonds is 23. The average Bonchev–Trinajstić information content (AvgIpc) is 0.905. The highest BCUT2D eigenvalue weighted by Gasteiger charge is 2.47. The van der Waals surface area contributed by atoms with E-state index >= 15 is 33.6 Å². The molecule has 0 aromatic heterocycles. The summed E-state index contributed by atoms with van der Waals surface area (Å²) in [4.78, 5) is 185. The number of nitrogens with zero attached hydrogens (tertiary/aromatic N) is 7. The number of ketones is 1. The van der Waals surface area contributed by atoms with E-state index in [0.717, 1.165) is 14.7 Å². The number of likely N-dealkylation sites (N-methyl/N-ethyl adjacent to an activating group) is 7. The van der Waals surface area contributed by atoms with Crippen LogP contribution in [-0.4, -0.2) is 257 Å². The summed E-state index contributed by atoms with van der Waals surface area (Å²) in [7, 11) is 9.67. The number of nitrogens with one attached hydrogen (secondary N) is 4. The largest absolute Gasteiger partial charge is 0.390 e.